The zero-order valence-corrected chi connectivity index (χ0v) is 15.2. The van der Waals surface area contributed by atoms with Gasteiger partial charge in [0.05, 0.1) is 24.1 Å². The molecule has 3 rings (SSSR count). The normalized spacial score (nSPS) is 16.3. The molecule has 0 spiro atoms. The summed E-state index contributed by atoms with van der Waals surface area (Å²) in [5.74, 6) is -2.95. The number of hydrogen-bond donors (Lipinski definition) is 1. The van der Waals surface area contributed by atoms with Crippen LogP contribution in [0.1, 0.15) is 34.3 Å². The van der Waals surface area contributed by atoms with E-state index in [4.69, 9.17) is 21.1 Å². The molecule has 1 N–H and O–H groups in total. The number of halogens is 4. The molecular formula is C16H14ClF3N4O4. The topological polar surface area (TPSA) is 95.3 Å². The van der Waals surface area contributed by atoms with E-state index < -0.39 is 29.9 Å². The molecule has 12 heteroatoms. The summed E-state index contributed by atoms with van der Waals surface area (Å²) in [6.45, 7) is 1.64. The summed E-state index contributed by atoms with van der Waals surface area (Å²) in [5.41, 5.74) is 0.0238. The third-order valence-electron chi connectivity index (χ3n) is 3.75. The first kappa shape index (κ1) is 19.9. The van der Waals surface area contributed by atoms with Crippen molar-refractivity contribution < 1.29 is 32.2 Å². The first-order chi connectivity index (χ1) is 13.2. The lowest BCUT2D eigenvalue weighted by molar-refractivity contribution is -0.144. The Morgan fingerprint density at radius 2 is 2.18 bits per heavy atom. The number of aromatic nitrogens is 3. The third kappa shape index (κ3) is 4.03. The monoisotopic (exact) mass is 418 g/mol. The Bertz CT molecular complexity index is 916. The maximum atomic E-state index is 12.7. The molecule has 0 aliphatic carbocycles. The largest absolute Gasteiger partial charge is 0.490 e. The van der Waals surface area contributed by atoms with Crippen LogP contribution in [0.25, 0.3) is 0 Å². The summed E-state index contributed by atoms with van der Waals surface area (Å²) in [4.78, 5) is 27.4. The first-order valence-corrected chi connectivity index (χ1v) is 8.51. The van der Waals surface area contributed by atoms with Gasteiger partial charge in [-0.25, -0.2) is 4.79 Å². The zero-order chi connectivity index (χ0) is 20.5. The highest BCUT2D eigenvalue weighted by atomic mass is 35.5. The van der Waals surface area contributed by atoms with Gasteiger partial charge < -0.3 is 14.8 Å². The Morgan fingerprint density at radius 3 is 2.86 bits per heavy atom. The minimum Gasteiger partial charge on any atom is -0.490 e. The van der Waals surface area contributed by atoms with Gasteiger partial charge in [0.2, 0.25) is 5.95 Å². The van der Waals surface area contributed by atoms with Gasteiger partial charge in [0.1, 0.15) is 17.9 Å². The fraction of sp³-hybridized carbons (Fsp3) is 0.375. The van der Waals surface area contributed by atoms with E-state index in [1.165, 1.54) is 12.1 Å². The number of carbonyl (C=O) groups is 2. The number of benzene rings is 1. The second-order valence-corrected chi connectivity index (χ2v) is 6.16. The molecule has 1 unspecified atom stereocenters. The van der Waals surface area contributed by atoms with Crippen LogP contribution in [0.4, 0.5) is 19.1 Å². The SMILES string of the molecule is CCOC(=O)c1c(Cl)cccc1OCC1CC(=O)n2nc(C(F)(F)F)nc2N1. The smallest absolute Gasteiger partial charge is 0.453 e. The lowest BCUT2D eigenvalue weighted by Gasteiger charge is -2.23. The Kier molecular flexibility index (Phi) is 5.45. The Morgan fingerprint density at radius 1 is 1.43 bits per heavy atom. The number of nitrogens with zero attached hydrogens (tertiary/aromatic N) is 3. The Balaban J connectivity index is 1.75. The van der Waals surface area contributed by atoms with Crippen LogP contribution in [0.15, 0.2) is 18.2 Å². The highest BCUT2D eigenvalue weighted by Crippen LogP contribution is 2.30. The Hall–Kier alpha value is -2.82. The molecule has 2 aromatic rings. The number of hydrogen-bond acceptors (Lipinski definition) is 7. The highest BCUT2D eigenvalue weighted by Gasteiger charge is 2.39. The van der Waals surface area contributed by atoms with E-state index in [1.54, 1.807) is 13.0 Å². The average molecular weight is 419 g/mol. The maximum Gasteiger partial charge on any atom is 0.453 e. The van der Waals surface area contributed by atoms with Gasteiger partial charge in [0.15, 0.2) is 0 Å². The van der Waals surface area contributed by atoms with E-state index in [0.29, 0.717) is 4.68 Å². The minimum atomic E-state index is -4.77. The van der Waals surface area contributed by atoms with Gasteiger partial charge in [0.25, 0.3) is 11.7 Å². The quantitative estimate of drug-likeness (QED) is 0.745. The zero-order valence-electron chi connectivity index (χ0n) is 14.4. The molecule has 2 heterocycles. The molecule has 28 heavy (non-hydrogen) atoms. The molecule has 1 aliphatic heterocycles. The molecule has 1 aliphatic rings. The average Bonchev–Trinajstić information content (AvgIpc) is 3.05. The van der Waals surface area contributed by atoms with Crippen LogP contribution in [0.2, 0.25) is 5.02 Å². The van der Waals surface area contributed by atoms with Crippen LogP contribution in [-0.2, 0) is 10.9 Å². The van der Waals surface area contributed by atoms with Crippen molar-refractivity contribution in [2.45, 2.75) is 25.6 Å². The van der Waals surface area contributed by atoms with E-state index in [-0.39, 0.29) is 41.9 Å². The summed E-state index contributed by atoms with van der Waals surface area (Å²) < 4.78 is 49.3. The standard InChI is InChI=1S/C16H14ClF3N4O4/c1-2-27-13(26)12-9(17)4-3-5-10(12)28-7-8-6-11(25)24-15(21-8)22-14(23-24)16(18,19)20/h3-5,8H,2,6-7H2,1H3,(H,21,22,23). The van der Waals surface area contributed by atoms with E-state index in [0.717, 1.165) is 0 Å². The van der Waals surface area contributed by atoms with Crippen molar-refractivity contribution in [3.05, 3.63) is 34.6 Å². The molecular weight excluding hydrogens is 405 g/mol. The van der Waals surface area contributed by atoms with Crippen LogP contribution in [0, 0.1) is 0 Å². The predicted octanol–water partition coefficient (Wildman–Crippen LogP) is 3.03. The predicted molar refractivity (Wildman–Crippen MR) is 90.6 cm³/mol. The highest BCUT2D eigenvalue weighted by molar-refractivity contribution is 6.34. The molecule has 0 fully saturated rings. The van der Waals surface area contributed by atoms with Gasteiger partial charge in [-0.3, -0.25) is 4.79 Å². The molecule has 0 bridgehead atoms. The third-order valence-corrected chi connectivity index (χ3v) is 4.06. The van der Waals surface area contributed by atoms with Crippen LogP contribution < -0.4 is 10.1 Å². The number of anilines is 1. The molecule has 8 nitrogen and oxygen atoms in total. The lowest BCUT2D eigenvalue weighted by Crippen LogP contribution is -2.38. The van der Waals surface area contributed by atoms with E-state index >= 15 is 0 Å². The van der Waals surface area contributed by atoms with Gasteiger partial charge in [-0.15, -0.1) is 5.10 Å². The van der Waals surface area contributed by atoms with E-state index in [9.17, 15) is 22.8 Å². The van der Waals surface area contributed by atoms with Crippen molar-refractivity contribution in [1.82, 2.24) is 14.8 Å². The van der Waals surface area contributed by atoms with E-state index in [1.807, 2.05) is 0 Å². The van der Waals surface area contributed by atoms with Gasteiger partial charge >= 0.3 is 12.1 Å². The molecule has 150 valence electrons. The maximum absolute atomic E-state index is 12.7. The summed E-state index contributed by atoms with van der Waals surface area (Å²) in [7, 11) is 0. The first-order valence-electron chi connectivity index (χ1n) is 8.13. The van der Waals surface area contributed by atoms with Crippen LogP contribution in [0.3, 0.4) is 0 Å². The van der Waals surface area contributed by atoms with Crippen LogP contribution in [0.5, 0.6) is 5.75 Å². The van der Waals surface area contributed by atoms with Crippen molar-refractivity contribution in [1.29, 1.82) is 0 Å². The number of nitrogens with one attached hydrogen (secondary N) is 1. The number of carbonyl (C=O) groups excluding carboxylic acids is 2. The molecule has 0 amide bonds. The molecule has 1 atom stereocenters. The number of alkyl halides is 3. The number of esters is 1. The van der Waals surface area contributed by atoms with Crippen molar-refractivity contribution >= 4 is 29.4 Å². The van der Waals surface area contributed by atoms with Crippen LogP contribution in [-0.4, -0.2) is 45.9 Å². The van der Waals surface area contributed by atoms with Crippen molar-refractivity contribution in [2.24, 2.45) is 0 Å². The van der Waals surface area contributed by atoms with Gasteiger partial charge in [0, 0.05) is 0 Å². The van der Waals surface area contributed by atoms with E-state index in [2.05, 4.69) is 15.4 Å². The van der Waals surface area contributed by atoms with Crippen LogP contribution >= 0.6 is 11.6 Å². The second kappa shape index (κ2) is 7.66. The molecule has 0 saturated carbocycles. The number of ether oxygens (including phenoxy) is 2. The fourth-order valence-electron chi connectivity index (χ4n) is 2.55. The summed E-state index contributed by atoms with van der Waals surface area (Å²) in [5, 5.41) is 5.97. The molecule has 1 aromatic heterocycles. The Labute approximate surface area is 161 Å². The fourth-order valence-corrected chi connectivity index (χ4v) is 2.79. The lowest BCUT2D eigenvalue weighted by atomic mass is 10.1. The summed E-state index contributed by atoms with van der Waals surface area (Å²) in [6, 6.07) is 3.86. The summed E-state index contributed by atoms with van der Waals surface area (Å²) >= 11 is 6.04. The minimum absolute atomic E-state index is 0.0238. The summed E-state index contributed by atoms with van der Waals surface area (Å²) in [6.07, 6.45) is -4.95. The number of rotatable bonds is 5. The van der Waals surface area contributed by atoms with Gasteiger partial charge in [-0.1, -0.05) is 17.7 Å². The van der Waals surface area contributed by atoms with Gasteiger partial charge in [-0.05, 0) is 19.1 Å². The van der Waals surface area contributed by atoms with Crippen molar-refractivity contribution in [2.75, 3.05) is 18.5 Å². The van der Waals surface area contributed by atoms with Gasteiger partial charge in [-0.2, -0.15) is 22.8 Å². The molecule has 1 aromatic carbocycles. The van der Waals surface area contributed by atoms with Crippen molar-refractivity contribution in [3.63, 3.8) is 0 Å². The second-order valence-electron chi connectivity index (χ2n) is 5.75. The number of fused-ring (bicyclic) bond motifs is 1. The van der Waals surface area contributed by atoms with Crippen molar-refractivity contribution in [3.8, 4) is 5.75 Å². The molecule has 0 radical (unpaired) electrons. The molecule has 0 saturated heterocycles.